The number of allylic oxidation sites excluding steroid dienone is 2. The van der Waals surface area contributed by atoms with Gasteiger partial charge in [-0.3, -0.25) is 4.79 Å². The Morgan fingerprint density at radius 3 is 2.45 bits per heavy atom. The summed E-state index contributed by atoms with van der Waals surface area (Å²) in [5, 5.41) is 21.8. The van der Waals surface area contributed by atoms with E-state index in [1.165, 1.54) is 6.08 Å². The molecule has 0 bridgehead atoms. The van der Waals surface area contributed by atoms with Crippen molar-refractivity contribution in [3.05, 3.63) is 90.8 Å². The zero-order valence-electron chi connectivity index (χ0n) is 22.6. The molecule has 2 aromatic carbocycles. The lowest BCUT2D eigenvalue weighted by atomic mass is 10.1. The molecule has 208 valence electrons. The molecule has 1 aromatic heterocycles. The smallest absolute Gasteiger partial charge is 0.243 e. The van der Waals surface area contributed by atoms with Crippen LogP contribution in [0, 0.1) is 0 Å². The van der Waals surface area contributed by atoms with Crippen LogP contribution < -0.4 is 25.4 Å². The summed E-state index contributed by atoms with van der Waals surface area (Å²) in [6.07, 6.45) is 10.5. The zero-order chi connectivity index (χ0) is 28.1. The van der Waals surface area contributed by atoms with Gasteiger partial charge in [-0.2, -0.15) is 0 Å². The highest BCUT2D eigenvalue weighted by molar-refractivity contribution is 6.23. The largest absolute Gasteiger partial charge is 0.397 e. The number of aliphatic hydroxyl groups excluding tert-OH is 2. The Hall–Kier alpha value is -4.41. The number of carbonyl (C=O) groups excluding carboxylic acids is 1. The molecule has 0 radical (unpaired) electrons. The number of carbonyl (C=O) groups is 1. The van der Waals surface area contributed by atoms with Gasteiger partial charge in [-0.15, -0.1) is 0 Å². The molecule has 10 heteroatoms. The Morgan fingerprint density at radius 2 is 1.80 bits per heavy atom. The molecule has 0 saturated carbocycles. The molecule has 1 unspecified atom stereocenters. The number of aliphatic imine (C=N–C) groups is 1. The number of aryl methyl sites for hydroxylation is 1. The number of nitrogens with one attached hydrogen (secondary N) is 1. The van der Waals surface area contributed by atoms with E-state index in [0.29, 0.717) is 41.9 Å². The summed E-state index contributed by atoms with van der Waals surface area (Å²) in [5.41, 5.74) is 10.8. The number of imidazole rings is 1. The average molecular weight is 543 g/mol. The van der Waals surface area contributed by atoms with Crippen LogP contribution in [0.5, 0.6) is 0 Å². The van der Waals surface area contributed by atoms with E-state index in [4.69, 9.17) is 5.73 Å². The molecule has 5 rings (SSSR count). The lowest BCUT2D eigenvalue weighted by Crippen LogP contribution is -2.29. The molecule has 1 fully saturated rings. The maximum Gasteiger partial charge on any atom is 0.243 e. The minimum Gasteiger partial charge on any atom is -0.397 e. The van der Waals surface area contributed by atoms with E-state index in [0.717, 1.165) is 36.6 Å². The Morgan fingerprint density at radius 1 is 1.07 bits per heavy atom. The second-order valence-corrected chi connectivity index (χ2v) is 10.1. The van der Waals surface area contributed by atoms with Crippen molar-refractivity contribution in [2.75, 3.05) is 54.5 Å². The minimum absolute atomic E-state index is 0.00511. The highest BCUT2D eigenvalue weighted by Crippen LogP contribution is 2.28. The zero-order valence-corrected chi connectivity index (χ0v) is 22.6. The van der Waals surface area contributed by atoms with Crippen LogP contribution in [-0.2, 0) is 11.8 Å². The van der Waals surface area contributed by atoms with Gasteiger partial charge in [0.2, 0.25) is 12.1 Å². The molecular formula is C30H36N7O3+. The number of ketones is 1. The first-order valence-electron chi connectivity index (χ1n) is 13.5. The van der Waals surface area contributed by atoms with Gasteiger partial charge < -0.3 is 31.1 Å². The van der Waals surface area contributed by atoms with Crippen molar-refractivity contribution < 1.29 is 19.6 Å². The van der Waals surface area contributed by atoms with Crippen molar-refractivity contribution in [2.24, 2.45) is 17.8 Å². The summed E-state index contributed by atoms with van der Waals surface area (Å²) in [6.45, 7) is 2.79. The van der Waals surface area contributed by atoms with Crippen molar-refractivity contribution in [1.29, 1.82) is 0 Å². The summed E-state index contributed by atoms with van der Waals surface area (Å²) in [7, 11) is 2.03. The van der Waals surface area contributed by atoms with Crippen LogP contribution in [0.15, 0.2) is 95.8 Å². The summed E-state index contributed by atoms with van der Waals surface area (Å²) in [5.74, 6) is -0.207. The number of aliphatic hydroxyl groups is 2. The second kappa shape index (κ2) is 12.2. The molecule has 40 heavy (non-hydrogen) atoms. The minimum atomic E-state index is -0.207. The molecule has 1 aliphatic heterocycles. The molecule has 1 aliphatic carbocycles. The molecule has 1 atom stereocenters. The highest BCUT2D eigenvalue weighted by Gasteiger charge is 2.27. The first kappa shape index (κ1) is 27.2. The van der Waals surface area contributed by atoms with Gasteiger partial charge in [-0.05, 0) is 54.6 Å². The SMILES string of the molecule is C[n+]1ccn(C2CCN(c3ccc(NC4=C/C(=N\c5ccc(N(CCO)CCO)cc5)C(N)=CC4=O)cc3)C2)c1. The number of aromatic nitrogens is 2. The molecule has 2 heterocycles. The number of nitrogens with zero attached hydrogens (tertiary/aromatic N) is 5. The van der Waals surface area contributed by atoms with E-state index in [1.54, 1.807) is 6.08 Å². The average Bonchev–Trinajstić information content (AvgIpc) is 3.62. The summed E-state index contributed by atoms with van der Waals surface area (Å²) >= 11 is 0. The molecule has 0 amide bonds. The van der Waals surface area contributed by atoms with Gasteiger partial charge in [0.1, 0.15) is 18.4 Å². The van der Waals surface area contributed by atoms with Crippen LogP contribution in [0.3, 0.4) is 0 Å². The first-order chi connectivity index (χ1) is 19.4. The van der Waals surface area contributed by atoms with Crippen LogP contribution in [-0.4, -0.2) is 65.7 Å². The quantitative estimate of drug-likeness (QED) is 0.228. The number of anilines is 3. The van der Waals surface area contributed by atoms with E-state index < -0.39 is 0 Å². The third-order valence-corrected chi connectivity index (χ3v) is 7.22. The van der Waals surface area contributed by atoms with E-state index in [9.17, 15) is 15.0 Å². The third kappa shape index (κ3) is 6.24. The molecule has 3 aromatic rings. The number of hydrogen-bond donors (Lipinski definition) is 4. The molecule has 2 aliphatic rings. The van der Waals surface area contributed by atoms with Gasteiger partial charge in [0, 0.05) is 49.2 Å². The predicted molar refractivity (Wildman–Crippen MR) is 157 cm³/mol. The molecule has 0 spiro atoms. The second-order valence-electron chi connectivity index (χ2n) is 10.1. The Kier molecular flexibility index (Phi) is 8.28. The van der Waals surface area contributed by atoms with Gasteiger partial charge in [0.15, 0.2) is 0 Å². The molecule has 5 N–H and O–H groups in total. The maximum atomic E-state index is 12.7. The lowest BCUT2D eigenvalue weighted by molar-refractivity contribution is -0.671. The monoisotopic (exact) mass is 542 g/mol. The van der Waals surface area contributed by atoms with Gasteiger partial charge in [0.05, 0.1) is 49.6 Å². The van der Waals surface area contributed by atoms with E-state index >= 15 is 0 Å². The number of nitrogens with two attached hydrogens (primary N) is 1. The van der Waals surface area contributed by atoms with Crippen LogP contribution in [0.1, 0.15) is 12.5 Å². The van der Waals surface area contributed by atoms with Crippen molar-refractivity contribution >= 4 is 34.2 Å². The predicted octanol–water partition coefficient (Wildman–Crippen LogP) is 2.05. The number of hydrogen-bond acceptors (Lipinski definition) is 8. The molecule has 10 nitrogen and oxygen atoms in total. The third-order valence-electron chi connectivity index (χ3n) is 7.22. The van der Waals surface area contributed by atoms with Crippen molar-refractivity contribution in [3.63, 3.8) is 0 Å². The fourth-order valence-corrected chi connectivity index (χ4v) is 5.08. The van der Waals surface area contributed by atoms with Gasteiger partial charge in [0.25, 0.3) is 0 Å². The van der Waals surface area contributed by atoms with Crippen LogP contribution in [0.2, 0.25) is 0 Å². The lowest BCUT2D eigenvalue weighted by Gasteiger charge is -2.22. The summed E-state index contributed by atoms with van der Waals surface area (Å²) in [4.78, 5) is 21.6. The Bertz CT molecular complexity index is 1420. The van der Waals surface area contributed by atoms with Gasteiger partial charge in [-0.25, -0.2) is 14.1 Å². The summed E-state index contributed by atoms with van der Waals surface area (Å²) in [6, 6.07) is 16.0. The number of rotatable bonds is 10. The Balaban J connectivity index is 1.26. The topological polar surface area (TPSA) is 123 Å². The van der Waals surface area contributed by atoms with E-state index in [1.807, 2.05) is 48.3 Å². The van der Waals surface area contributed by atoms with E-state index in [2.05, 4.69) is 55.2 Å². The van der Waals surface area contributed by atoms with Crippen molar-refractivity contribution in [3.8, 4) is 0 Å². The Labute approximate surface area is 234 Å². The highest BCUT2D eigenvalue weighted by atomic mass is 16.3. The molecule has 1 saturated heterocycles. The fraction of sp³-hybridized carbons (Fsp3) is 0.300. The van der Waals surface area contributed by atoms with Crippen LogP contribution >= 0.6 is 0 Å². The van der Waals surface area contributed by atoms with Crippen LogP contribution in [0.4, 0.5) is 22.7 Å². The normalized spacial score (nSPS) is 18.2. The van der Waals surface area contributed by atoms with Gasteiger partial charge >= 0.3 is 0 Å². The molecular weight excluding hydrogens is 506 g/mol. The van der Waals surface area contributed by atoms with Crippen LogP contribution in [0.25, 0.3) is 0 Å². The van der Waals surface area contributed by atoms with E-state index in [-0.39, 0.29) is 19.0 Å². The fourth-order valence-electron chi connectivity index (χ4n) is 5.08. The number of benzene rings is 2. The van der Waals surface area contributed by atoms with Crippen molar-refractivity contribution in [1.82, 2.24) is 4.57 Å². The van der Waals surface area contributed by atoms with Crippen molar-refractivity contribution in [2.45, 2.75) is 12.5 Å². The standard InChI is InChI=1S/C30H35N7O3/c1-34-12-13-37(21-34)26-10-11-36(20-26)25-8-4-23(5-9-25)33-29-19-28(27(31)18-30(29)40)32-22-2-6-24(7-3-22)35(14-16-38)15-17-39/h2-9,12-13,18-19,21,26,38-39H,10-11,14-17,20H2,1H3,(H2-,31,32,33,40)/p+1. The van der Waals surface area contributed by atoms with Gasteiger partial charge in [-0.1, -0.05) is 0 Å². The summed E-state index contributed by atoms with van der Waals surface area (Å²) < 4.78 is 4.33. The maximum absolute atomic E-state index is 12.7. The first-order valence-corrected chi connectivity index (χ1v) is 13.5.